The Morgan fingerprint density at radius 1 is 0.870 bits per heavy atom. The largest absolute Gasteiger partial charge is 0.394 e. The van der Waals surface area contributed by atoms with E-state index >= 15 is 0 Å². The molecule has 0 bridgehead atoms. The number of nitrogens with zero attached hydrogens (tertiary/aromatic N) is 1. The Morgan fingerprint density at radius 2 is 1.35 bits per heavy atom. The van der Waals surface area contributed by atoms with Gasteiger partial charge >= 0.3 is 10.4 Å². The molecular weight excluding hydrogens is 314 g/mol. The molecule has 0 aromatic heterocycles. The minimum Gasteiger partial charge on any atom is -0.374 e. The van der Waals surface area contributed by atoms with Gasteiger partial charge in [-0.05, 0) is 18.7 Å². The number of unbranched alkanes of at least 4 members (excludes halogenated alkanes) is 9. The minimum atomic E-state index is -4.67. The van der Waals surface area contributed by atoms with Crippen LogP contribution in [0.15, 0.2) is 24.4 Å². The highest BCUT2D eigenvalue weighted by molar-refractivity contribution is 7.79. The van der Waals surface area contributed by atoms with Crippen LogP contribution in [0.2, 0.25) is 0 Å². The van der Waals surface area contributed by atoms with E-state index in [-0.39, 0.29) is 0 Å². The predicted octanol–water partition coefficient (Wildman–Crippen LogP) is 4.64. The molecule has 1 heterocycles. The molecule has 0 fully saturated rings. The van der Waals surface area contributed by atoms with Gasteiger partial charge in [0.2, 0.25) is 0 Å². The first-order valence-electron chi connectivity index (χ1n) is 8.70. The number of rotatable bonds is 11. The molecule has 5 nitrogen and oxygen atoms in total. The molecule has 1 rings (SSSR count). The molecule has 136 valence electrons. The monoisotopic (exact) mass is 347 g/mol. The van der Waals surface area contributed by atoms with Gasteiger partial charge in [0.05, 0.1) is 0 Å². The number of hydrogen-bond acceptors (Lipinski definition) is 3. The van der Waals surface area contributed by atoms with Crippen molar-refractivity contribution in [1.29, 1.82) is 0 Å². The highest BCUT2D eigenvalue weighted by Crippen LogP contribution is 2.11. The first-order chi connectivity index (χ1) is 10.9. The Morgan fingerprint density at radius 3 is 1.78 bits per heavy atom. The van der Waals surface area contributed by atoms with Gasteiger partial charge in [-0.1, -0.05) is 76.9 Å². The molecule has 0 aliphatic carbocycles. The summed E-state index contributed by atoms with van der Waals surface area (Å²) in [7, 11) is -4.67. The van der Waals surface area contributed by atoms with Crippen molar-refractivity contribution in [3.05, 3.63) is 24.4 Å². The van der Waals surface area contributed by atoms with Gasteiger partial charge in [-0.2, -0.15) is 8.42 Å². The first kappa shape index (κ1) is 22.1. The zero-order valence-corrected chi connectivity index (χ0v) is 15.2. The maximum absolute atomic E-state index is 8.74. The van der Waals surface area contributed by atoms with Gasteiger partial charge in [-0.25, -0.2) is 0 Å². The van der Waals surface area contributed by atoms with Crippen LogP contribution in [0.4, 0.5) is 0 Å². The quantitative estimate of drug-likeness (QED) is 0.420. The highest BCUT2D eigenvalue weighted by Gasteiger charge is 1.99. The molecule has 0 saturated heterocycles. The first-order valence-corrected chi connectivity index (χ1v) is 10.1. The Hall–Kier alpha value is -0.850. The molecule has 0 saturated carbocycles. The van der Waals surface area contributed by atoms with Crippen LogP contribution >= 0.6 is 0 Å². The third-order valence-corrected chi connectivity index (χ3v) is 3.68. The van der Waals surface area contributed by atoms with Gasteiger partial charge in [-0.3, -0.25) is 9.11 Å². The normalized spacial score (nSPS) is 13.8. The van der Waals surface area contributed by atoms with E-state index in [1.165, 1.54) is 70.8 Å². The maximum atomic E-state index is 8.74. The van der Waals surface area contributed by atoms with E-state index in [4.69, 9.17) is 17.5 Å². The summed E-state index contributed by atoms with van der Waals surface area (Å²) in [5.74, 6) is 0. The average Bonchev–Trinajstić information content (AvgIpc) is 2.48. The summed E-state index contributed by atoms with van der Waals surface area (Å²) in [6.07, 6.45) is 23.0. The molecule has 0 radical (unpaired) electrons. The maximum Gasteiger partial charge on any atom is 0.394 e. The van der Waals surface area contributed by atoms with E-state index in [9.17, 15) is 0 Å². The Balaban J connectivity index is 0.000000841. The molecule has 6 heteroatoms. The highest BCUT2D eigenvalue weighted by atomic mass is 32.3. The van der Waals surface area contributed by atoms with Crippen LogP contribution in [-0.2, 0) is 10.4 Å². The van der Waals surface area contributed by atoms with E-state index < -0.39 is 10.4 Å². The van der Waals surface area contributed by atoms with Crippen molar-refractivity contribution in [2.75, 3.05) is 13.1 Å². The fourth-order valence-electron chi connectivity index (χ4n) is 2.48. The molecule has 0 atom stereocenters. The summed E-state index contributed by atoms with van der Waals surface area (Å²) < 4.78 is 31.6. The van der Waals surface area contributed by atoms with Crippen LogP contribution in [0.25, 0.3) is 0 Å². The standard InChI is InChI=1S/C17H31N.H2O4S/c1-2-3-4-5-6-7-8-9-10-12-15-18-16-13-11-14-17-18;1-5(2,3)4/h11,13-14,16H,2-10,12,15,17H2,1H3;(H2,1,2,3,4). The van der Waals surface area contributed by atoms with Crippen molar-refractivity contribution in [2.24, 2.45) is 0 Å². The topological polar surface area (TPSA) is 77.8 Å². The van der Waals surface area contributed by atoms with Gasteiger partial charge in [0.25, 0.3) is 0 Å². The molecule has 0 unspecified atom stereocenters. The van der Waals surface area contributed by atoms with Gasteiger partial charge in [0.15, 0.2) is 0 Å². The molecular formula is C17H33NO4S. The fourth-order valence-corrected chi connectivity index (χ4v) is 2.48. The number of allylic oxidation sites excluding steroid dienone is 2. The lowest BCUT2D eigenvalue weighted by Gasteiger charge is -2.20. The third kappa shape index (κ3) is 21.1. The van der Waals surface area contributed by atoms with Crippen LogP contribution in [0, 0.1) is 0 Å². The van der Waals surface area contributed by atoms with E-state index in [0.717, 1.165) is 6.54 Å². The lowest BCUT2D eigenvalue weighted by atomic mass is 10.1. The van der Waals surface area contributed by atoms with E-state index in [1.807, 2.05) is 0 Å². The van der Waals surface area contributed by atoms with Gasteiger partial charge in [-0.15, -0.1) is 0 Å². The molecule has 0 amide bonds. The van der Waals surface area contributed by atoms with E-state index in [0.29, 0.717) is 0 Å². The smallest absolute Gasteiger partial charge is 0.374 e. The van der Waals surface area contributed by atoms with E-state index in [2.05, 4.69) is 36.3 Å². The predicted molar refractivity (Wildman–Crippen MR) is 95.9 cm³/mol. The fraction of sp³-hybridized carbons (Fsp3) is 0.765. The molecule has 0 aromatic rings. The van der Waals surface area contributed by atoms with Crippen molar-refractivity contribution in [3.63, 3.8) is 0 Å². The second kappa shape index (κ2) is 14.7. The van der Waals surface area contributed by atoms with Crippen LogP contribution in [0.5, 0.6) is 0 Å². The second-order valence-corrected chi connectivity index (χ2v) is 6.79. The Labute approximate surface area is 142 Å². The summed E-state index contributed by atoms with van der Waals surface area (Å²) in [6, 6.07) is 0. The van der Waals surface area contributed by atoms with Gasteiger partial charge in [0.1, 0.15) is 0 Å². The molecule has 0 spiro atoms. The van der Waals surface area contributed by atoms with Gasteiger partial charge in [0, 0.05) is 13.1 Å². The summed E-state index contributed by atoms with van der Waals surface area (Å²) in [5.41, 5.74) is 0. The lowest BCUT2D eigenvalue weighted by molar-refractivity contribution is 0.381. The van der Waals surface area contributed by atoms with Crippen LogP contribution in [-0.4, -0.2) is 35.5 Å². The lowest BCUT2D eigenvalue weighted by Crippen LogP contribution is -2.19. The molecule has 1 aliphatic heterocycles. The SMILES string of the molecule is CCCCCCCCCCCCN1C=CC=CC1.O=S(=O)(O)O. The van der Waals surface area contributed by atoms with Crippen LogP contribution in [0.1, 0.15) is 71.1 Å². The minimum absolute atomic E-state index is 1.11. The summed E-state index contributed by atoms with van der Waals surface area (Å²) in [6.45, 7) is 4.62. The van der Waals surface area contributed by atoms with Crippen molar-refractivity contribution >= 4 is 10.4 Å². The van der Waals surface area contributed by atoms with Crippen molar-refractivity contribution in [1.82, 2.24) is 4.90 Å². The summed E-state index contributed by atoms with van der Waals surface area (Å²) in [5, 5.41) is 0. The molecule has 1 aliphatic rings. The van der Waals surface area contributed by atoms with E-state index in [1.54, 1.807) is 0 Å². The summed E-state index contributed by atoms with van der Waals surface area (Å²) >= 11 is 0. The van der Waals surface area contributed by atoms with Crippen molar-refractivity contribution < 1.29 is 17.5 Å². The van der Waals surface area contributed by atoms with Crippen molar-refractivity contribution in [2.45, 2.75) is 71.1 Å². The number of hydrogen-bond donors (Lipinski definition) is 2. The third-order valence-electron chi connectivity index (χ3n) is 3.68. The Kier molecular flexibility index (Phi) is 14.2. The van der Waals surface area contributed by atoms with Crippen molar-refractivity contribution in [3.8, 4) is 0 Å². The molecule has 2 N–H and O–H groups in total. The zero-order chi connectivity index (χ0) is 17.4. The van der Waals surface area contributed by atoms with Crippen LogP contribution < -0.4 is 0 Å². The zero-order valence-electron chi connectivity index (χ0n) is 14.4. The van der Waals surface area contributed by atoms with Gasteiger partial charge < -0.3 is 4.90 Å². The van der Waals surface area contributed by atoms with Crippen LogP contribution in [0.3, 0.4) is 0 Å². The second-order valence-electron chi connectivity index (χ2n) is 5.89. The molecule has 0 aromatic carbocycles. The molecule has 23 heavy (non-hydrogen) atoms. The average molecular weight is 348 g/mol. The Bertz CT molecular complexity index is 410. The summed E-state index contributed by atoms with van der Waals surface area (Å²) in [4.78, 5) is 2.41.